The SMILES string of the molecule is O=C(Nc1cc(C(F)(F)F)ccc1N1CCCC1)c1ncc(Cl)c(Cl)c1Cl. The number of carbonyl (C=O) groups excluding carboxylic acids is 1. The van der Waals surface area contributed by atoms with Crippen molar-refractivity contribution in [3.63, 3.8) is 0 Å². The first kappa shape index (κ1) is 20.0. The highest BCUT2D eigenvalue weighted by molar-refractivity contribution is 6.49. The fourth-order valence-corrected chi connectivity index (χ4v) is 3.40. The third-order valence-corrected chi connectivity index (χ3v) is 5.39. The number of pyridine rings is 1. The highest BCUT2D eigenvalue weighted by Crippen LogP contribution is 2.37. The lowest BCUT2D eigenvalue weighted by Gasteiger charge is -2.23. The molecule has 2 aromatic rings. The minimum Gasteiger partial charge on any atom is -0.370 e. The largest absolute Gasteiger partial charge is 0.416 e. The van der Waals surface area contributed by atoms with E-state index in [1.807, 2.05) is 4.90 Å². The first-order valence-electron chi connectivity index (χ1n) is 7.95. The predicted octanol–water partition coefficient (Wildman–Crippen LogP) is 5.91. The van der Waals surface area contributed by atoms with Crippen LogP contribution < -0.4 is 10.2 Å². The summed E-state index contributed by atoms with van der Waals surface area (Å²) in [6.07, 6.45) is -1.54. The van der Waals surface area contributed by atoms with Crippen LogP contribution in [0, 0.1) is 0 Å². The molecule has 0 aliphatic carbocycles. The maximum atomic E-state index is 13.1. The number of halogens is 6. The molecular formula is C17H13Cl3F3N3O. The molecule has 1 aromatic carbocycles. The molecule has 0 radical (unpaired) electrons. The summed E-state index contributed by atoms with van der Waals surface area (Å²) in [4.78, 5) is 18.3. The summed E-state index contributed by atoms with van der Waals surface area (Å²) in [7, 11) is 0. The Labute approximate surface area is 168 Å². The third-order valence-electron chi connectivity index (χ3n) is 4.15. The molecule has 3 rings (SSSR count). The van der Waals surface area contributed by atoms with Crippen LogP contribution >= 0.6 is 34.8 Å². The van der Waals surface area contributed by atoms with Gasteiger partial charge in [0.15, 0.2) is 0 Å². The molecule has 1 aromatic heterocycles. The van der Waals surface area contributed by atoms with E-state index in [0.29, 0.717) is 18.8 Å². The van der Waals surface area contributed by atoms with Crippen molar-refractivity contribution in [1.29, 1.82) is 0 Å². The Morgan fingerprint density at radius 3 is 2.41 bits per heavy atom. The molecule has 0 unspecified atom stereocenters. The number of amides is 1. The van der Waals surface area contributed by atoms with Crippen LogP contribution in [-0.4, -0.2) is 24.0 Å². The van der Waals surface area contributed by atoms with Gasteiger partial charge in [0.2, 0.25) is 0 Å². The Morgan fingerprint density at radius 2 is 1.78 bits per heavy atom. The van der Waals surface area contributed by atoms with Crippen molar-refractivity contribution in [3.05, 3.63) is 50.7 Å². The van der Waals surface area contributed by atoms with Gasteiger partial charge in [-0.1, -0.05) is 34.8 Å². The molecule has 1 aliphatic heterocycles. The summed E-state index contributed by atoms with van der Waals surface area (Å²) < 4.78 is 39.3. The molecule has 1 amide bonds. The van der Waals surface area contributed by atoms with Crippen LogP contribution in [0.1, 0.15) is 28.9 Å². The quantitative estimate of drug-likeness (QED) is 0.648. The summed E-state index contributed by atoms with van der Waals surface area (Å²) in [6, 6.07) is 3.25. The number of anilines is 2. The predicted molar refractivity (Wildman–Crippen MR) is 100 cm³/mol. The molecule has 4 nitrogen and oxygen atoms in total. The van der Waals surface area contributed by atoms with Crippen molar-refractivity contribution in [2.45, 2.75) is 19.0 Å². The molecule has 0 saturated carbocycles. The molecule has 0 atom stereocenters. The van der Waals surface area contributed by atoms with Crippen LogP contribution in [-0.2, 0) is 6.18 Å². The first-order chi connectivity index (χ1) is 12.7. The van der Waals surface area contributed by atoms with Crippen LogP contribution in [0.4, 0.5) is 24.5 Å². The van der Waals surface area contributed by atoms with Crippen molar-refractivity contribution >= 4 is 52.1 Å². The summed E-state index contributed by atoms with van der Waals surface area (Å²) in [5, 5.41) is 2.32. The number of nitrogens with one attached hydrogen (secondary N) is 1. The monoisotopic (exact) mass is 437 g/mol. The van der Waals surface area contributed by atoms with Crippen molar-refractivity contribution < 1.29 is 18.0 Å². The lowest BCUT2D eigenvalue weighted by molar-refractivity contribution is -0.137. The smallest absolute Gasteiger partial charge is 0.370 e. The Hall–Kier alpha value is -1.70. The molecular weight excluding hydrogens is 426 g/mol. The van der Waals surface area contributed by atoms with Gasteiger partial charge in [-0.2, -0.15) is 13.2 Å². The molecule has 1 N–H and O–H groups in total. The van der Waals surface area contributed by atoms with E-state index in [9.17, 15) is 18.0 Å². The van der Waals surface area contributed by atoms with Crippen molar-refractivity contribution in [2.24, 2.45) is 0 Å². The molecule has 1 saturated heterocycles. The topological polar surface area (TPSA) is 45.2 Å². The zero-order valence-electron chi connectivity index (χ0n) is 13.7. The average molecular weight is 439 g/mol. The van der Waals surface area contributed by atoms with Crippen LogP contribution in [0.25, 0.3) is 0 Å². The second-order valence-electron chi connectivity index (χ2n) is 5.96. The highest BCUT2D eigenvalue weighted by atomic mass is 35.5. The number of carbonyl (C=O) groups is 1. The van der Waals surface area contributed by atoms with E-state index < -0.39 is 17.6 Å². The highest BCUT2D eigenvalue weighted by Gasteiger charge is 2.32. The van der Waals surface area contributed by atoms with Gasteiger partial charge in [-0.3, -0.25) is 4.79 Å². The van der Waals surface area contributed by atoms with E-state index in [1.165, 1.54) is 6.07 Å². The molecule has 0 bridgehead atoms. The number of rotatable bonds is 3. The molecule has 0 spiro atoms. The number of hydrogen-bond donors (Lipinski definition) is 1. The minimum absolute atomic E-state index is 0.0284. The molecule has 27 heavy (non-hydrogen) atoms. The van der Waals surface area contributed by atoms with E-state index in [4.69, 9.17) is 34.8 Å². The molecule has 1 aliphatic rings. The molecule has 1 fully saturated rings. The van der Waals surface area contributed by atoms with E-state index in [0.717, 1.165) is 31.2 Å². The number of nitrogens with zero attached hydrogens (tertiary/aromatic N) is 2. The number of benzene rings is 1. The van der Waals surface area contributed by atoms with E-state index >= 15 is 0 Å². The second-order valence-corrected chi connectivity index (χ2v) is 7.12. The van der Waals surface area contributed by atoms with E-state index in [-0.39, 0.29) is 26.4 Å². The standard InChI is InChI=1S/C17H13Cl3F3N3O/c18-10-8-24-15(14(20)13(10)19)16(27)25-11-7-9(17(21,22)23)3-4-12(11)26-5-1-2-6-26/h3-4,7-8H,1-2,5-6H2,(H,25,27). The van der Waals surface area contributed by atoms with Gasteiger partial charge in [0.1, 0.15) is 5.69 Å². The zero-order chi connectivity index (χ0) is 19.8. The summed E-state index contributed by atoms with van der Waals surface area (Å²) in [6.45, 7) is 1.39. The van der Waals surface area contributed by atoms with E-state index in [1.54, 1.807) is 0 Å². The number of alkyl halides is 3. The van der Waals surface area contributed by atoms with Gasteiger partial charge in [0.25, 0.3) is 5.91 Å². The first-order valence-corrected chi connectivity index (χ1v) is 9.09. The summed E-state index contributed by atoms with van der Waals surface area (Å²) in [5.41, 5.74) is -0.560. The fourth-order valence-electron chi connectivity index (χ4n) is 2.83. The van der Waals surface area contributed by atoms with Crippen LogP contribution in [0.2, 0.25) is 15.1 Å². The Balaban J connectivity index is 1.99. The van der Waals surface area contributed by atoms with Crippen molar-refractivity contribution in [1.82, 2.24) is 4.98 Å². The summed E-state index contributed by atoms with van der Waals surface area (Å²) >= 11 is 17.7. The minimum atomic E-state index is -4.54. The lowest BCUT2D eigenvalue weighted by atomic mass is 10.1. The molecule has 144 valence electrons. The third kappa shape index (κ3) is 4.25. The number of hydrogen-bond acceptors (Lipinski definition) is 3. The van der Waals surface area contributed by atoms with Gasteiger partial charge >= 0.3 is 6.18 Å². The maximum Gasteiger partial charge on any atom is 0.416 e. The summed E-state index contributed by atoms with van der Waals surface area (Å²) in [5.74, 6) is -0.779. The Kier molecular flexibility index (Phi) is 5.74. The van der Waals surface area contributed by atoms with E-state index in [2.05, 4.69) is 10.3 Å². The Morgan fingerprint density at radius 1 is 1.11 bits per heavy atom. The Bertz CT molecular complexity index is 884. The maximum absolute atomic E-state index is 13.1. The van der Waals surface area contributed by atoms with Gasteiger partial charge in [-0.25, -0.2) is 4.98 Å². The van der Waals surface area contributed by atoms with Crippen LogP contribution in [0.15, 0.2) is 24.4 Å². The second kappa shape index (κ2) is 7.73. The van der Waals surface area contributed by atoms with Crippen LogP contribution in [0.5, 0.6) is 0 Å². The van der Waals surface area contributed by atoms with Crippen molar-refractivity contribution in [3.8, 4) is 0 Å². The van der Waals surface area contributed by atoms with Gasteiger partial charge in [0, 0.05) is 19.3 Å². The van der Waals surface area contributed by atoms with Gasteiger partial charge in [-0.15, -0.1) is 0 Å². The van der Waals surface area contributed by atoms with Crippen LogP contribution in [0.3, 0.4) is 0 Å². The van der Waals surface area contributed by atoms with Crippen molar-refractivity contribution in [2.75, 3.05) is 23.3 Å². The normalized spacial score (nSPS) is 14.5. The average Bonchev–Trinajstić information content (AvgIpc) is 3.13. The van der Waals surface area contributed by atoms with Gasteiger partial charge in [-0.05, 0) is 31.0 Å². The van der Waals surface area contributed by atoms with Gasteiger partial charge in [0.05, 0.1) is 32.0 Å². The number of aromatic nitrogens is 1. The molecule has 10 heteroatoms. The van der Waals surface area contributed by atoms with Gasteiger partial charge < -0.3 is 10.2 Å². The zero-order valence-corrected chi connectivity index (χ0v) is 16.0. The fraction of sp³-hybridized carbons (Fsp3) is 0.294. The lowest BCUT2D eigenvalue weighted by Crippen LogP contribution is -2.22. The molecule has 2 heterocycles.